The van der Waals surface area contributed by atoms with Crippen molar-refractivity contribution in [1.29, 1.82) is 0 Å². The van der Waals surface area contributed by atoms with Gasteiger partial charge in [-0.15, -0.1) is 0 Å². The first-order valence-corrected chi connectivity index (χ1v) is 6.59. The average molecular weight is 230 g/mol. The van der Waals surface area contributed by atoms with E-state index in [-0.39, 0.29) is 0 Å². The molecular weight excluding hydrogens is 216 g/mol. The number of rotatable bonds is 3. The molecule has 0 aliphatic heterocycles. The summed E-state index contributed by atoms with van der Waals surface area (Å²) >= 11 is 1.63. The molecule has 1 aromatic carbocycles. The van der Waals surface area contributed by atoms with Crippen molar-refractivity contribution < 1.29 is 5.11 Å². The van der Waals surface area contributed by atoms with Gasteiger partial charge in [-0.1, -0.05) is 24.3 Å². The molecule has 1 aliphatic rings. The van der Waals surface area contributed by atoms with Gasteiger partial charge in [-0.25, -0.2) is 0 Å². The highest BCUT2D eigenvalue weighted by Crippen LogP contribution is 2.43. The van der Waals surface area contributed by atoms with E-state index in [1.807, 2.05) is 22.9 Å². The second-order valence-electron chi connectivity index (χ2n) is 4.36. The van der Waals surface area contributed by atoms with Gasteiger partial charge < -0.3 is 5.11 Å². The van der Waals surface area contributed by atoms with E-state index in [1.165, 1.54) is 18.4 Å². The third-order valence-electron chi connectivity index (χ3n) is 3.17. The molecule has 1 fully saturated rings. The van der Waals surface area contributed by atoms with E-state index in [2.05, 4.69) is 18.2 Å². The summed E-state index contributed by atoms with van der Waals surface area (Å²) in [7, 11) is 0. The van der Waals surface area contributed by atoms with Gasteiger partial charge in [-0.2, -0.15) is 11.3 Å². The molecule has 1 atom stereocenters. The molecular formula is C14H14OS. The summed E-state index contributed by atoms with van der Waals surface area (Å²) in [5, 5.41) is 14.4. The van der Waals surface area contributed by atoms with Crippen LogP contribution in [0.2, 0.25) is 0 Å². The average Bonchev–Trinajstić information content (AvgIpc) is 3.03. The molecule has 1 unspecified atom stereocenters. The highest BCUT2D eigenvalue weighted by Gasteiger charge is 2.27. The Morgan fingerprint density at radius 1 is 1.19 bits per heavy atom. The summed E-state index contributed by atoms with van der Waals surface area (Å²) < 4.78 is 0. The van der Waals surface area contributed by atoms with Crippen molar-refractivity contribution in [2.45, 2.75) is 24.9 Å². The fraction of sp³-hybridized carbons (Fsp3) is 0.286. The summed E-state index contributed by atoms with van der Waals surface area (Å²) in [6, 6.07) is 10.3. The molecule has 1 heterocycles. The monoisotopic (exact) mass is 230 g/mol. The molecule has 1 nitrogen and oxygen atoms in total. The molecule has 1 N–H and O–H groups in total. The lowest BCUT2D eigenvalue weighted by molar-refractivity contribution is 0.219. The zero-order valence-electron chi connectivity index (χ0n) is 8.97. The van der Waals surface area contributed by atoms with E-state index < -0.39 is 6.10 Å². The number of benzene rings is 1. The SMILES string of the molecule is OC(c1ccsc1)c1ccccc1C1CC1. The fourth-order valence-corrected chi connectivity index (χ4v) is 2.82. The minimum absolute atomic E-state index is 0.456. The van der Waals surface area contributed by atoms with Crippen LogP contribution in [-0.4, -0.2) is 5.11 Å². The van der Waals surface area contributed by atoms with E-state index in [1.54, 1.807) is 11.3 Å². The van der Waals surface area contributed by atoms with Crippen molar-refractivity contribution >= 4 is 11.3 Å². The van der Waals surface area contributed by atoms with Gasteiger partial charge in [-0.05, 0) is 52.3 Å². The Bertz CT molecular complexity index is 471. The molecule has 2 heteroatoms. The highest BCUT2D eigenvalue weighted by atomic mass is 32.1. The Labute approximate surface area is 99.4 Å². The number of hydrogen-bond acceptors (Lipinski definition) is 2. The predicted molar refractivity (Wildman–Crippen MR) is 66.8 cm³/mol. The van der Waals surface area contributed by atoms with Gasteiger partial charge in [0.05, 0.1) is 0 Å². The third kappa shape index (κ3) is 1.79. The summed E-state index contributed by atoms with van der Waals surface area (Å²) in [6.45, 7) is 0. The van der Waals surface area contributed by atoms with E-state index in [0.717, 1.165) is 11.1 Å². The van der Waals surface area contributed by atoms with Gasteiger partial charge in [0.1, 0.15) is 6.10 Å². The molecule has 0 spiro atoms. The molecule has 3 rings (SSSR count). The topological polar surface area (TPSA) is 20.2 Å². The van der Waals surface area contributed by atoms with Gasteiger partial charge in [0.25, 0.3) is 0 Å². The summed E-state index contributed by atoms with van der Waals surface area (Å²) in [5.74, 6) is 0.685. The van der Waals surface area contributed by atoms with Crippen LogP contribution in [-0.2, 0) is 0 Å². The van der Waals surface area contributed by atoms with Crippen LogP contribution >= 0.6 is 11.3 Å². The Morgan fingerprint density at radius 3 is 2.69 bits per heavy atom. The van der Waals surface area contributed by atoms with Crippen LogP contribution in [0.3, 0.4) is 0 Å². The maximum atomic E-state index is 10.3. The van der Waals surface area contributed by atoms with Crippen molar-refractivity contribution in [3.63, 3.8) is 0 Å². The van der Waals surface area contributed by atoms with Crippen LogP contribution in [0, 0.1) is 0 Å². The predicted octanol–water partition coefficient (Wildman–Crippen LogP) is 3.71. The van der Waals surface area contributed by atoms with Crippen molar-refractivity contribution in [3.05, 3.63) is 57.8 Å². The smallest absolute Gasteiger partial charge is 0.105 e. The van der Waals surface area contributed by atoms with Crippen LogP contribution in [0.1, 0.15) is 41.6 Å². The van der Waals surface area contributed by atoms with Crippen molar-refractivity contribution in [1.82, 2.24) is 0 Å². The van der Waals surface area contributed by atoms with Crippen LogP contribution in [0.4, 0.5) is 0 Å². The van der Waals surface area contributed by atoms with Gasteiger partial charge in [0, 0.05) is 0 Å². The van der Waals surface area contributed by atoms with E-state index in [9.17, 15) is 5.11 Å². The van der Waals surface area contributed by atoms with E-state index >= 15 is 0 Å². The minimum Gasteiger partial charge on any atom is -0.384 e. The van der Waals surface area contributed by atoms with Crippen LogP contribution in [0.5, 0.6) is 0 Å². The lowest BCUT2D eigenvalue weighted by Gasteiger charge is -2.14. The Morgan fingerprint density at radius 2 is 2.00 bits per heavy atom. The third-order valence-corrected chi connectivity index (χ3v) is 3.87. The van der Waals surface area contributed by atoms with Crippen LogP contribution in [0.15, 0.2) is 41.1 Å². The van der Waals surface area contributed by atoms with Crippen molar-refractivity contribution in [2.75, 3.05) is 0 Å². The highest BCUT2D eigenvalue weighted by molar-refractivity contribution is 7.07. The van der Waals surface area contributed by atoms with Crippen molar-refractivity contribution in [3.8, 4) is 0 Å². The van der Waals surface area contributed by atoms with Gasteiger partial charge in [0.2, 0.25) is 0 Å². The molecule has 1 aromatic heterocycles. The standard InChI is InChI=1S/C14H14OS/c15-14(11-7-8-16-9-11)13-4-2-1-3-12(13)10-5-6-10/h1-4,7-10,14-15H,5-6H2. The molecule has 16 heavy (non-hydrogen) atoms. The molecule has 0 saturated heterocycles. The molecule has 0 radical (unpaired) electrons. The first kappa shape index (κ1) is 10.1. The second kappa shape index (κ2) is 4.04. The lowest BCUT2D eigenvalue weighted by atomic mass is 9.96. The number of thiophene rings is 1. The minimum atomic E-state index is -0.456. The summed E-state index contributed by atoms with van der Waals surface area (Å²) in [5.41, 5.74) is 3.43. The van der Waals surface area contributed by atoms with Crippen molar-refractivity contribution in [2.24, 2.45) is 0 Å². The Hall–Kier alpha value is -1.12. The second-order valence-corrected chi connectivity index (χ2v) is 5.14. The Kier molecular flexibility index (Phi) is 2.54. The maximum absolute atomic E-state index is 10.3. The normalized spacial score (nSPS) is 17.3. The Balaban J connectivity index is 1.99. The van der Waals surface area contributed by atoms with Gasteiger partial charge >= 0.3 is 0 Å². The quantitative estimate of drug-likeness (QED) is 0.852. The molecule has 1 saturated carbocycles. The molecule has 2 aromatic rings. The van der Waals surface area contributed by atoms with Crippen LogP contribution < -0.4 is 0 Å². The zero-order chi connectivity index (χ0) is 11.0. The number of aliphatic hydroxyl groups excluding tert-OH is 1. The van der Waals surface area contributed by atoms with E-state index in [4.69, 9.17) is 0 Å². The van der Waals surface area contributed by atoms with E-state index in [0.29, 0.717) is 5.92 Å². The molecule has 1 aliphatic carbocycles. The zero-order valence-corrected chi connectivity index (χ0v) is 9.78. The molecule has 0 amide bonds. The van der Waals surface area contributed by atoms with Crippen LogP contribution in [0.25, 0.3) is 0 Å². The summed E-state index contributed by atoms with van der Waals surface area (Å²) in [6.07, 6.45) is 2.09. The number of aliphatic hydroxyl groups is 1. The maximum Gasteiger partial charge on any atom is 0.105 e. The number of hydrogen-bond donors (Lipinski definition) is 1. The van der Waals surface area contributed by atoms with Gasteiger partial charge in [-0.3, -0.25) is 0 Å². The molecule has 0 bridgehead atoms. The molecule has 82 valence electrons. The lowest BCUT2D eigenvalue weighted by Crippen LogP contribution is -2.01. The fourth-order valence-electron chi connectivity index (χ4n) is 2.14. The largest absolute Gasteiger partial charge is 0.384 e. The summed E-state index contributed by atoms with van der Waals surface area (Å²) in [4.78, 5) is 0. The first-order valence-electron chi connectivity index (χ1n) is 5.65. The van der Waals surface area contributed by atoms with Gasteiger partial charge in [0.15, 0.2) is 0 Å². The first-order chi connectivity index (χ1) is 7.86.